The van der Waals surface area contributed by atoms with Crippen molar-refractivity contribution in [2.24, 2.45) is 0 Å². The Kier molecular flexibility index (Phi) is 4.73. The Morgan fingerprint density at radius 2 is 1.86 bits per heavy atom. The van der Waals surface area contributed by atoms with Crippen LogP contribution in [0.1, 0.15) is 28.7 Å². The summed E-state index contributed by atoms with van der Waals surface area (Å²) in [5.74, 6) is -0.0336. The molecule has 0 saturated heterocycles. The van der Waals surface area contributed by atoms with Gasteiger partial charge in [-0.2, -0.15) is 5.26 Å². The second-order valence-corrected chi connectivity index (χ2v) is 5.18. The number of aryl methyl sites for hydroxylation is 3. The molecule has 0 aliphatic heterocycles. The lowest BCUT2D eigenvalue weighted by Gasteiger charge is -2.09. The Bertz CT molecular complexity index is 681. The molecule has 0 aliphatic carbocycles. The first-order valence-corrected chi connectivity index (χ1v) is 6.94. The maximum Gasteiger partial charge on any atom is 0.224 e. The van der Waals surface area contributed by atoms with Crippen molar-refractivity contribution < 1.29 is 4.79 Å². The van der Waals surface area contributed by atoms with Gasteiger partial charge in [-0.05, 0) is 43.5 Å². The lowest BCUT2D eigenvalue weighted by molar-refractivity contribution is -0.116. The van der Waals surface area contributed by atoms with Crippen molar-refractivity contribution in [1.29, 1.82) is 5.26 Å². The van der Waals surface area contributed by atoms with Gasteiger partial charge in [0.05, 0.1) is 11.6 Å². The fourth-order valence-corrected chi connectivity index (χ4v) is 2.05. The van der Waals surface area contributed by atoms with Crippen molar-refractivity contribution in [2.75, 3.05) is 5.32 Å². The van der Waals surface area contributed by atoms with Crippen LogP contribution in [0.4, 0.5) is 5.69 Å². The monoisotopic (exact) mass is 278 g/mol. The van der Waals surface area contributed by atoms with Gasteiger partial charge >= 0.3 is 0 Å². The molecule has 0 radical (unpaired) electrons. The third kappa shape index (κ3) is 4.19. The summed E-state index contributed by atoms with van der Waals surface area (Å²) in [6.07, 6.45) is 1.14. The Morgan fingerprint density at radius 1 is 1.14 bits per heavy atom. The van der Waals surface area contributed by atoms with Gasteiger partial charge in [0.2, 0.25) is 5.91 Å². The summed E-state index contributed by atoms with van der Waals surface area (Å²) in [6.45, 7) is 3.96. The number of nitrogens with zero attached hydrogens (tertiary/aromatic N) is 1. The molecule has 106 valence electrons. The van der Waals surface area contributed by atoms with Crippen molar-refractivity contribution in [1.82, 2.24) is 0 Å². The van der Waals surface area contributed by atoms with Crippen LogP contribution in [0.2, 0.25) is 0 Å². The highest BCUT2D eigenvalue weighted by Crippen LogP contribution is 2.17. The van der Waals surface area contributed by atoms with E-state index in [4.69, 9.17) is 5.26 Å². The lowest BCUT2D eigenvalue weighted by Crippen LogP contribution is -2.13. The number of carbonyl (C=O) groups is 1. The highest BCUT2D eigenvalue weighted by Gasteiger charge is 2.06. The minimum absolute atomic E-state index is 0.0336. The number of nitriles is 1. The molecule has 3 nitrogen and oxygen atoms in total. The number of hydrogen-bond acceptors (Lipinski definition) is 2. The minimum Gasteiger partial charge on any atom is -0.326 e. The van der Waals surface area contributed by atoms with Gasteiger partial charge in [0, 0.05) is 12.1 Å². The number of amides is 1. The lowest BCUT2D eigenvalue weighted by atomic mass is 10.1. The van der Waals surface area contributed by atoms with E-state index < -0.39 is 0 Å². The molecule has 0 spiro atoms. The molecule has 0 aromatic heterocycles. The highest BCUT2D eigenvalue weighted by atomic mass is 16.1. The molecule has 2 aromatic carbocycles. The SMILES string of the molecule is Cc1ccc(CCC(=O)Nc2cc(C#N)ccc2C)cc1. The number of benzene rings is 2. The second kappa shape index (κ2) is 6.71. The van der Waals surface area contributed by atoms with E-state index in [0.29, 0.717) is 24.1 Å². The molecule has 1 amide bonds. The third-order valence-electron chi connectivity index (χ3n) is 3.40. The predicted octanol–water partition coefficient (Wildman–Crippen LogP) is 3.75. The normalized spacial score (nSPS) is 9.95. The standard InChI is InChI=1S/C18H18N2O/c1-13-3-6-15(7-4-13)9-10-18(21)20-17-11-16(12-19)8-5-14(17)2/h3-8,11H,9-10H2,1-2H3,(H,20,21). The van der Waals surface area contributed by atoms with E-state index in [1.807, 2.05) is 44.2 Å². The van der Waals surface area contributed by atoms with Crippen LogP contribution in [0.5, 0.6) is 0 Å². The molecule has 0 saturated carbocycles. The van der Waals surface area contributed by atoms with Gasteiger partial charge in [0.15, 0.2) is 0 Å². The fraction of sp³-hybridized carbons (Fsp3) is 0.222. The molecule has 2 rings (SSSR count). The molecule has 2 aromatic rings. The van der Waals surface area contributed by atoms with E-state index >= 15 is 0 Å². The topological polar surface area (TPSA) is 52.9 Å². The molecule has 0 fully saturated rings. The summed E-state index contributed by atoms with van der Waals surface area (Å²) in [7, 11) is 0. The smallest absolute Gasteiger partial charge is 0.224 e. The summed E-state index contributed by atoms with van der Waals surface area (Å²) in [5.41, 5.74) is 4.58. The number of anilines is 1. The van der Waals surface area contributed by atoms with Gasteiger partial charge in [0.1, 0.15) is 0 Å². The van der Waals surface area contributed by atoms with Gasteiger partial charge in [-0.1, -0.05) is 35.9 Å². The quantitative estimate of drug-likeness (QED) is 0.926. The van der Waals surface area contributed by atoms with Crippen LogP contribution in [0.25, 0.3) is 0 Å². The Balaban J connectivity index is 1.96. The number of rotatable bonds is 4. The largest absolute Gasteiger partial charge is 0.326 e. The zero-order valence-corrected chi connectivity index (χ0v) is 12.3. The van der Waals surface area contributed by atoms with Gasteiger partial charge < -0.3 is 5.32 Å². The van der Waals surface area contributed by atoms with Crippen LogP contribution in [0, 0.1) is 25.2 Å². The van der Waals surface area contributed by atoms with Crippen LogP contribution in [0.15, 0.2) is 42.5 Å². The average molecular weight is 278 g/mol. The average Bonchev–Trinajstić information content (AvgIpc) is 2.49. The summed E-state index contributed by atoms with van der Waals surface area (Å²) in [6, 6.07) is 15.6. The molecule has 0 bridgehead atoms. The molecule has 0 atom stereocenters. The van der Waals surface area contributed by atoms with Crippen molar-refractivity contribution >= 4 is 11.6 Å². The van der Waals surface area contributed by atoms with Crippen molar-refractivity contribution in [3.63, 3.8) is 0 Å². The molecular formula is C18H18N2O. The predicted molar refractivity (Wildman–Crippen MR) is 84.0 cm³/mol. The van der Waals surface area contributed by atoms with Crippen LogP contribution < -0.4 is 5.32 Å². The van der Waals surface area contributed by atoms with Crippen molar-refractivity contribution in [3.8, 4) is 6.07 Å². The highest BCUT2D eigenvalue weighted by molar-refractivity contribution is 5.91. The molecule has 0 aliphatic rings. The molecule has 0 heterocycles. The van der Waals surface area contributed by atoms with Gasteiger partial charge in [-0.3, -0.25) is 4.79 Å². The summed E-state index contributed by atoms with van der Waals surface area (Å²) in [4.78, 5) is 12.0. The fourth-order valence-electron chi connectivity index (χ4n) is 2.05. The third-order valence-corrected chi connectivity index (χ3v) is 3.40. The van der Waals surface area contributed by atoms with Crippen LogP contribution in [-0.4, -0.2) is 5.91 Å². The Labute approximate surface area is 125 Å². The van der Waals surface area contributed by atoms with E-state index in [1.54, 1.807) is 12.1 Å². The molecular weight excluding hydrogens is 260 g/mol. The first kappa shape index (κ1) is 14.8. The number of nitrogens with one attached hydrogen (secondary N) is 1. The maximum atomic E-state index is 12.0. The summed E-state index contributed by atoms with van der Waals surface area (Å²) < 4.78 is 0. The van der Waals surface area contributed by atoms with Crippen molar-refractivity contribution in [3.05, 3.63) is 64.7 Å². The Hall–Kier alpha value is -2.60. The Morgan fingerprint density at radius 3 is 2.52 bits per heavy atom. The first-order valence-electron chi connectivity index (χ1n) is 6.94. The van der Waals surface area contributed by atoms with Gasteiger partial charge in [0.25, 0.3) is 0 Å². The van der Waals surface area contributed by atoms with E-state index in [9.17, 15) is 4.79 Å². The van der Waals surface area contributed by atoms with E-state index in [-0.39, 0.29) is 5.91 Å². The summed E-state index contributed by atoms with van der Waals surface area (Å²) >= 11 is 0. The van der Waals surface area contributed by atoms with E-state index in [0.717, 1.165) is 11.1 Å². The molecule has 3 heteroatoms. The van der Waals surface area contributed by atoms with Crippen LogP contribution >= 0.6 is 0 Å². The molecule has 0 unspecified atom stereocenters. The van der Waals surface area contributed by atoms with Crippen LogP contribution in [0.3, 0.4) is 0 Å². The van der Waals surface area contributed by atoms with E-state index in [2.05, 4.69) is 11.4 Å². The molecule has 21 heavy (non-hydrogen) atoms. The van der Waals surface area contributed by atoms with Gasteiger partial charge in [-0.25, -0.2) is 0 Å². The first-order chi connectivity index (χ1) is 10.1. The number of carbonyl (C=O) groups excluding carboxylic acids is 1. The van der Waals surface area contributed by atoms with Crippen LogP contribution in [-0.2, 0) is 11.2 Å². The zero-order valence-electron chi connectivity index (χ0n) is 12.3. The summed E-state index contributed by atoms with van der Waals surface area (Å²) in [5, 5.41) is 11.8. The van der Waals surface area contributed by atoms with Gasteiger partial charge in [-0.15, -0.1) is 0 Å². The zero-order chi connectivity index (χ0) is 15.2. The van der Waals surface area contributed by atoms with Crippen molar-refractivity contribution in [2.45, 2.75) is 26.7 Å². The maximum absolute atomic E-state index is 12.0. The number of hydrogen-bond donors (Lipinski definition) is 1. The molecule has 1 N–H and O–H groups in total. The van der Waals surface area contributed by atoms with E-state index in [1.165, 1.54) is 5.56 Å². The second-order valence-electron chi connectivity index (χ2n) is 5.18. The minimum atomic E-state index is -0.0336.